The lowest BCUT2D eigenvalue weighted by Gasteiger charge is -2.02. The third-order valence-electron chi connectivity index (χ3n) is 1.81. The summed E-state index contributed by atoms with van der Waals surface area (Å²) in [5.74, 6) is -0.677. The number of hydrogen-bond donors (Lipinski definition) is 3. The molecule has 1 aromatic heterocycles. The molecule has 0 fully saturated rings. The van der Waals surface area contributed by atoms with Gasteiger partial charge in [0.05, 0.1) is 18.4 Å². The van der Waals surface area contributed by atoms with Crippen LogP contribution in [0.15, 0.2) is 25.0 Å². The number of amides is 2. The summed E-state index contributed by atoms with van der Waals surface area (Å²) in [6.07, 6.45) is 4.66. The van der Waals surface area contributed by atoms with Gasteiger partial charge in [-0.15, -0.1) is 6.58 Å². The summed E-state index contributed by atoms with van der Waals surface area (Å²) >= 11 is 0. The first-order chi connectivity index (χ1) is 8.11. The maximum Gasteiger partial charge on any atom is 0.239 e. The van der Waals surface area contributed by atoms with Gasteiger partial charge in [0.25, 0.3) is 0 Å². The number of hydrogen-bond acceptors (Lipinski definition) is 4. The van der Waals surface area contributed by atoms with Gasteiger partial charge in [0.15, 0.2) is 0 Å². The Morgan fingerprint density at radius 2 is 2.35 bits per heavy atom. The Bertz CT molecular complexity index is 413. The number of nitrogens with zero attached hydrogens (tertiary/aromatic N) is 2. The van der Waals surface area contributed by atoms with E-state index in [9.17, 15) is 9.59 Å². The largest absolute Gasteiger partial charge is 0.368 e. The first-order valence-electron chi connectivity index (χ1n) is 5.04. The highest BCUT2D eigenvalue weighted by Gasteiger charge is 2.04. The van der Waals surface area contributed by atoms with Crippen LogP contribution in [0.4, 0.5) is 5.69 Å². The fourth-order valence-electron chi connectivity index (χ4n) is 1.17. The Morgan fingerprint density at radius 1 is 1.59 bits per heavy atom. The highest BCUT2D eigenvalue weighted by atomic mass is 16.2. The van der Waals surface area contributed by atoms with Crippen molar-refractivity contribution in [3.05, 3.63) is 25.0 Å². The molecule has 1 aromatic rings. The van der Waals surface area contributed by atoms with Gasteiger partial charge in [0.1, 0.15) is 6.54 Å². The minimum Gasteiger partial charge on any atom is -0.368 e. The van der Waals surface area contributed by atoms with Crippen molar-refractivity contribution in [1.29, 1.82) is 0 Å². The molecular weight excluding hydrogens is 222 g/mol. The summed E-state index contributed by atoms with van der Waals surface area (Å²) in [5, 5.41) is 9.36. The average molecular weight is 237 g/mol. The Kier molecular flexibility index (Phi) is 4.89. The van der Waals surface area contributed by atoms with Gasteiger partial charge >= 0.3 is 0 Å². The van der Waals surface area contributed by atoms with Gasteiger partial charge in [-0.1, -0.05) is 6.08 Å². The van der Waals surface area contributed by atoms with Crippen molar-refractivity contribution in [2.45, 2.75) is 6.54 Å². The van der Waals surface area contributed by atoms with Crippen molar-refractivity contribution in [2.75, 3.05) is 18.4 Å². The van der Waals surface area contributed by atoms with Crippen LogP contribution in [0.25, 0.3) is 0 Å². The lowest BCUT2D eigenvalue weighted by atomic mass is 10.5. The standard InChI is InChI=1S/C10H15N5O2/c1-2-3-12-5-10(17)14-8-4-13-15(6-8)7-9(11)16/h2,4,6,12H,1,3,5,7H2,(H2,11,16)(H,14,17). The number of aromatic nitrogens is 2. The number of rotatable bonds is 7. The number of primary amides is 1. The van der Waals surface area contributed by atoms with Crippen molar-refractivity contribution in [1.82, 2.24) is 15.1 Å². The van der Waals surface area contributed by atoms with Crippen LogP contribution in [0.1, 0.15) is 0 Å². The van der Waals surface area contributed by atoms with Gasteiger partial charge in [-0.3, -0.25) is 14.3 Å². The first-order valence-corrected chi connectivity index (χ1v) is 5.04. The lowest BCUT2D eigenvalue weighted by Crippen LogP contribution is -2.27. The molecule has 0 bridgehead atoms. The maximum atomic E-state index is 11.4. The zero-order valence-electron chi connectivity index (χ0n) is 9.35. The van der Waals surface area contributed by atoms with Crippen LogP contribution < -0.4 is 16.4 Å². The summed E-state index contributed by atoms with van der Waals surface area (Å²) in [7, 11) is 0. The summed E-state index contributed by atoms with van der Waals surface area (Å²) in [6, 6.07) is 0. The monoisotopic (exact) mass is 237 g/mol. The van der Waals surface area contributed by atoms with Crippen LogP contribution in [-0.4, -0.2) is 34.7 Å². The molecule has 4 N–H and O–H groups in total. The summed E-state index contributed by atoms with van der Waals surface area (Å²) < 4.78 is 1.36. The van der Waals surface area contributed by atoms with E-state index < -0.39 is 5.91 Å². The van der Waals surface area contributed by atoms with Gasteiger partial charge in [-0.05, 0) is 0 Å². The molecule has 0 radical (unpaired) electrons. The minimum atomic E-state index is -0.487. The maximum absolute atomic E-state index is 11.4. The minimum absolute atomic E-state index is 0.00934. The molecule has 0 atom stereocenters. The summed E-state index contributed by atoms with van der Waals surface area (Å²) in [4.78, 5) is 22.0. The average Bonchev–Trinajstić information content (AvgIpc) is 2.64. The number of carbonyl (C=O) groups is 2. The SMILES string of the molecule is C=CCNCC(=O)Nc1cnn(CC(N)=O)c1. The third kappa shape index (κ3) is 4.94. The quantitative estimate of drug-likeness (QED) is 0.421. The molecule has 0 unspecified atom stereocenters. The second kappa shape index (κ2) is 6.44. The molecule has 0 aliphatic rings. The predicted octanol–water partition coefficient (Wildman–Crippen LogP) is -0.917. The van der Waals surface area contributed by atoms with E-state index >= 15 is 0 Å². The van der Waals surface area contributed by atoms with Crippen molar-refractivity contribution in [2.24, 2.45) is 5.73 Å². The molecule has 0 spiro atoms. The lowest BCUT2D eigenvalue weighted by molar-refractivity contribution is -0.118. The van der Waals surface area contributed by atoms with Gasteiger partial charge in [0, 0.05) is 12.7 Å². The van der Waals surface area contributed by atoms with Crippen molar-refractivity contribution >= 4 is 17.5 Å². The zero-order valence-corrected chi connectivity index (χ0v) is 9.35. The van der Waals surface area contributed by atoms with Crippen LogP contribution in [0.2, 0.25) is 0 Å². The second-order valence-corrected chi connectivity index (χ2v) is 3.36. The fourth-order valence-corrected chi connectivity index (χ4v) is 1.17. The van der Waals surface area contributed by atoms with Crippen LogP contribution >= 0.6 is 0 Å². The van der Waals surface area contributed by atoms with E-state index in [0.29, 0.717) is 12.2 Å². The van der Waals surface area contributed by atoms with Crippen molar-refractivity contribution in [3.63, 3.8) is 0 Å². The molecule has 1 heterocycles. The van der Waals surface area contributed by atoms with Gasteiger partial charge in [0.2, 0.25) is 11.8 Å². The summed E-state index contributed by atoms with van der Waals surface area (Å²) in [6.45, 7) is 4.26. The molecule has 17 heavy (non-hydrogen) atoms. The first kappa shape index (κ1) is 12.9. The second-order valence-electron chi connectivity index (χ2n) is 3.36. The van der Waals surface area contributed by atoms with Crippen LogP contribution in [0.3, 0.4) is 0 Å². The van der Waals surface area contributed by atoms with Gasteiger partial charge in [-0.2, -0.15) is 5.10 Å². The highest BCUT2D eigenvalue weighted by molar-refractivity contribution is 5.92. The van der Waals surface area contributed by atoms with Crippen LogP contribution in [0, 0.1) is 0 Å². The normalized spacial score (nSPS) is 9.88. The van der Waals surface area contributed by atoms with Gasteiger partial charge in [-0.25, -0.2) is 0 Å². The fraction of sp³-hybridized carbons (Fsp3) is 0.300. The molecule has 0 saturated heterocycles. The van der Waals surface area contributed by atoms with Gasteiger partial charge < -0.3 is 16.4 Å². The Hall–Kier alpha value is -2.15. The van der Waals surface area contributed by atoms with E-state index in [0.717, 1.165) is 0 Å². The van der Waals surface area contributed by atoms with E-state index in [2.05, 4.69) is 22.3 Å². The zero-order chi connectivity index (χ0) is 12.7. The summed E-state index contributed by atoms with van der Waals surface area (Å²) in [5.41, 5.74) is 5.53. The van der Waals surface area contributed by atoms with E-state index in [1.807, 2.05) is 0 Å². The number of anilines is 1. The Balaban J connectivity index is 2.40. The van der Waals surface area contributed by atoms with E-state index in [4.69, 9.17) is 5.73 Å². The van der Waals surface area contributed by atoms with Crippen molar-refractivity contribution in [3.8, 4) is 0 Å². The van der Waals surface area contributed by atoms with E-state index in [-0.39, 0.29) is 19.0 Å². The Morgan fingerprint density at radius 3 is 3.00 bits per heavy atom. The smallest absolute Gasteiger partial charge is 0.239 e. The molecule has 0 aromatic carbocycles. The molecule has 0 aliphatic carbocycles. The van der Waals surface area contributed by atoms with E-state index in [1.165, 1.54) is 17.1 Å². The van der Waals surface area contributed by atoms with E-state index in [1.54, 1.807) is 6.08 Å². The number of carbonyl (C=O) groups excluding carboxylic acids is 2. The van der Waals surface area contributed by atoms with Crippen LogP contribution in [0.5, 0.6) is 0 Å². The van der Waals surface area contributed by atoms with Crippen molar-refractivity contribution < 1.29 is 9.59 Å². The molecular formula is C10H15N5O2. The third-order valence-corrected chi connectivity index (χ3v) is 1.81. The number of nitrogens with two attached hydrogens (primary N) is 1. The molecule has 7 heteroatoms. The molecule has 2 amide bonds. The molecule has 1 rings (SSSR count). The predicted molar refractivity (Wildman–Crippen MR) is 63.1 cm³/mol. The molecule has 0 aliphatic heterocycles. The molecule has 0 saturated carbocycles. The van der Waals surface area contributed by atoms with Crippen LogP contribution in [-0.2, 0) is 16.1 Å². The Labute approximate surface area is 98.7 Å². The molecule has 92 valence electrons. The molecule has 7 nitrogen and oxygen atoms in total. The topological polar surface area (TPSA) is 102 Å². The highest BCUT2D eigenvalue weighted by Crippen LogP contribution is 2.03. The number of nitrogens with one attached hydrogen (secondary N) is 2.